The van der Waals surface area contributed by atoms with Crippen molar-refractivity contribution in [3.8, 4) is 0 Å². The monoisotopic (exact) mass is 289 g/mol. The van der Waals surface area contributed by atoms with Crippen LogP contribution in [0.4, 0.5) is 5.69 Å². The molecule has 1 amide bonds. The number of nitrogens with one attached hydrogen (secondary N) is 2. The van der Waals surface area contributed by atoms with Gasteiger partial charge in [-0.15, -0.1) is 0 Å². The van der Waals surface area contributed by atoms with Crippen molar-refractivity contribution in [2.75, 3.05) is 25.0 Å². The van der Waals surface area contributed by atoms with Crippen LogP contribution in [0.5, 0.6) is 0 Å². The van der Waals surface area contributed by atoms with Crippen LogP contribution in [0.1, 0.15) is 37.3 Å². The van der Waals surface area contributed by atoms with Crippen LogP contribution in [-0.2, 0) is 11.3 Å². The van der Waals surface area contributed by atoms with Crippen molar-refractivity contribution in [3.63, 3.8) is 0 Å². The number of aryl methyl sites for hydroxylation is 1. The molecule has 0 bridgehead atoms. The Kier molecular flexibility index (Phi) is 5.62. The molecule has 0 radical (unpaired) electrons. The summed E-state index contributed by atoms with van der Waals surface area (Å²) in [5.41, 5.74) is 3.71. The summed E-state index contributed by atoms with van der Waals surface area (Å²) in [5.74, 6) is 0.0801. The van der Waals surface area contributed by atoms with E-state index in [2.05, 4.69) is 42.7 Å². The van der Waals surface area contributed by atoms with Crippen LogP contribution in [0.15, 0.2) is 18.2 Å². The molecule has 0 saturated heterocycles. The van der Waals surface area contributed by atoms with Crippen LogP contribution in [0, 0.1) is 6.92 Å². The lowest BCUT2D eigenvalue weighted by molar-refractivity contribution is -0.119. The maximum atomic E-state index is 11.8. The second-order valence-corrected chi connectivity index (χ2v) is 5.97. The Balaban J connectivity index is 1.89. The van der Waals surface area contributed by atoms with E-state index in [0.29, 0.717) is 6.54 Å². The number of hydrogen-bond acceptors (Lipinski definition) is 3. The SMILES string of the molecule is CCCNC(=O)CN(C)c1ccc(CNC2CC2)c(C)c1. The van der Waals surface area contributed by atoms with Crippen molar-refractivity contribution in [2.45, 2.75) is 45.7 Å². The molecule has 1 aliphatic rings. The predicted molar refractivity (Wildman–Crippen MR) is 87.6 cm³/mol. The summed E-state index contributed by atoms with van der Waals surface area (Å²) in [4.78, 5) is 13.8. The average Bonchev–Trinajstić information content (AvgIpc) is 3.27. The zero-order valence-corrected chi connectivity index (χ0v) is 13.4. The number of hydrogen-bond donors (Lipinski definition) is 2. The van der Waals surface area contributed by atoms with Crippen LogP contribution < -0.4 is 15.5 Å². The first-order valence-corrected chi connectivity index (χ1v) is 7.91. The van der Waals surface area contributed by atoms with Gasteiger partial charge in [-0.05, 0) is 49.4 Å². The highest BCUT2D eigenvalue weighted by Gasteiger charge is 2.20. The summed E-state index contributed by atoms with van der Waals surface area (Å²) in [6.45, 7) is 6.29. The van der Waals surface area contributed by atoms with Crippen molar-refractivity contribution in [1.29, 1.82) is 0 Å². The molecule has 1 aromatic rings. The molecule has 0 aliphatic heterocycles. The number of anilines is 1. The number of benzene rings is 1. The number of carbonyl (C=O) groups excluding carboxylic acids is 1. The van der Waals surface area contributed by atoms with Crippen molar-refractivity contribution < 1.29 is 4.79 Å². The molecule has 1 aliphatic carbocycles. The van der Waals surface area contributed by atoms with E-state index in [1.165, 1.54) is 24.0 Å². The molecule has 0 aromatic heterocycles. The van der Waals surface area contributed by atoms with Crippen molar-refractivity contribution in [3.05, 3.63) is 29.3 Å². The minimum absolute atomic E-state index is 0.0801. The smallest absolute Gasteiger partial charge is 0.239 e. The van der Waals surface area contributed by atoms with E-state index in [0.717, 1.165) is 31.2 Å². The van der Waals surface area contributed by atoms with Gasteiger partial charge in [0.2, 0.25) is 5.91 Å². The highest BCUT2D eigenvalue weighted by atomic mass is 16.2. The maximum absolute atomic E-state index is 11.8. The normalized spacial score (nSPS) is 14.0. The molecule has 2 N–H and O–H groups in total. The van der Waals surface area contributed by atoms with Crippen LogP contribution >= 0.6 is 0 Å². The lowest BCUT2D eigenvalue weighted by Gasteiger charge is -2.20. The zero-order valence-electron chi connectivity index (χ0n) is 13.4. The molecule has 2 rings (SSSR count). The van der Waals surface area contributed by atoms with Gasteiger partial charge in [0.25, 0.3) is 0 Å². The Labute approximate surface area is 127 Å². The first-order valence-electron chi connectivity index (χ1n) is 7.91. The third-order valence-electron chi connectivity index (χ3n) is 3.88. The first kappa shape index (κ1) is 15.8. The summed E-state index contributed by atoms with van der Waals surface area (Å²) < 4.78 is 0. The van der Waals surface area contributed by atoms with Crippen LogP contribution in [0.25, 0.3) is 0 Å². The molecular weight excluding hydrogens is 262 g/mol. The van der Waals surface area contributed by atoms with Gasteiger partial charge in [0.05, 0.1) is 6.54 Å². The highest BCUT2D eigenvalue weighted by molar-refractivity contribution is 5.81. The van der Waals surface area contributed by atoms with E-state index >= 15 is 0 Å². The quantitative estimate of drug-likeness (QED) is 0.771. The minimum Gasteiger partial charge on any atom is -0.365 e. The largest absolute Gasteiger partial charge is 0.365 e. The summed E-state index contributed by atoms with van der Waals surface area (Å²) in [7, 11) is 1.96. The van der Waals surface area contributed by atoms with Gasteiger partial charge in [0.1, 0.15) is 0 Å². The fraction of sp³-hybridized carbons (Fsp3) is 0.588. The Morgan fingerprint density at radius 3 is 2.76 bits per heavy atom. The fourth-order valence-corrected chi connectivity index (χ4v) is 2.28. The molecule has 0 heterocycles. The van der Waals surface area contributed by atoms with Gasteiger partial charge in [-0.3, -0.25) is 4.79 Å². The molecule has 0 spiro atoms. The van der Waals surface area contributed by atoms with E-state index in [-0.39, 0.29) is 5.91 Å². The third-order valence-corrected chi connectivity index (χ3v) is 3.88. The van der Waals surface area contributed by atoms with E-state index in [1.54, 1.807) is 0 Å². The van der Waals surface area contributed by atoms with E-state index in [9.17, 15) is 4.79 Å². The molecule has 4 heteroatoms. The Morgan fingerprint density at radius 2 is 2.14 bits per heavy atom. The summed E-state index contributed by atoms with van der Waals surface area (Å²) in [6, 6.07) is 7.16. The van der Waals surface area contributed by atoms with Gasteiger partial charge >= 0.3 is 0 Å². The second-order valence-electron chi connectivity index (χ2n) is 5.97. The fourth-order valence-electron chi connectivity index (χ4n) is 2.28. The van der Waals surface area contributed by atoms with Gasteiger partial charge in [-0.25, -0.2) is 0 Å². The topological polar surface area (TPSA) is 44.4 Å². The minimum atomic E-state index is 0.0801. The van der Waals surface area contributed by atoms with Gasteiger partial charge in [0.15, 0.2) is 0 Å². The zero-order chi connectivity index (χ0) is 15.2. The summed E-state index contributed by atoms with van der Waals surface area (Å²) >= 11 is 0. The van der Waals surface area contributed by atoms with Crippen molar-refractivity contribution in [1.82, 2.24) is 10.6 Å². The molecule has 0 atom stereocenters. The third kappa shape index (κ3) is 5.05. The van der Waals surface area contributed by atoms with Crippen LogP contribution in [0.2, 0.25) is 0 Å². The summed E-state index contributed by atoms with van der Waals surface area (Å²) in [5, 5.41) is 6.45. The number of nitrogens with zero attached hydrogens (tertiary/aromatic N) is 1. The summed E-state index contributed by atoms with van der Waals surface area (Å²) in [6.07, 6.45) is 3.59. The number of rotatable bonds is 8. The van der Waals surface area contributed by atoms with Gasteiger partial charge in [-0.1, -0.05) is 13.0 Å². The van der Waals surface area contributed by atoms with Gasteiger partial charge in [-0.2, -0.15) is 0 Å². The van der Waals surface area contributed by atoms with E-state index in [4.69, 9.17) is 0 Å². The first-order chi connectivity index (χ1) is 10.1. The molecule has 116 valence electrons. The van der Waals surface area contributed by atoms with E-state index < -0.39 is 0 Å². The van der Waals surface area contributed by atoms with Crippen LogP contribution in [0.3, 0.4) is 0 Å². The van der Waals surface area contributed by atoms with Crippen molar-refractivity contribution in [2.24, 2.45) is 0 Å². The molecule has 0 unspecified atom stereocenters. The van der Waals surface area contributed by atoms with Gasteiger partial charge in [0, 0.05) is 31.9 Å². The second kappa shape index (κ2) is 7.46. The average molecular weight is 289 g/mol. The Morgan fingerprint density at radius 1 is 1.38 bits per heavy atom. The molecule has 1 aromatic carbocycles. The van der Waals surface area contributed by atoms with Crippen LogP contribution in [-0.4, -0.2) is 32.1 Å². The molecule has 4 nitrogen and oxygen atoms in total. The maximum Gasteiger partial charge on any atom is 0.239 e. The number of carbonyl (C=O) groups is 1. The molecular formula is C17H27N3O. The Bertz CT molecular complexity index is 483. The predicted octanol–water partition coefficient (Wildman–Crippen LogP) is 2.21. The van der Waals surface area contributed by atoms with Gasteiger partial charge < -0.3 is 15.5 Å². The Hall–Kier alpha value is -1.55. The standard InChI is InChI=1S/C17H27N3O/c1-4-9-18-17(21)12-20(3)16-8-5-14(13(2)10-16)11-19-15-6-7-15/h5,8,10,15,19H,4,6-7,9,11-12H2,1-3H3,(H,18,21). The molecule has 21 heavy (non-hydrogen) atoms. The van der Waals surface area contributed by atoms with Crippen molar-refractivity contribution >= 4 is 11.6 Å². The number of likely N-dealkylation sites (N-methyl/N-ethyl adjacent to an activating group) is 1. The lowest BCUT2D eigenvalue weighted by atomic mass is 10.1. The molecule has 1 fully saturated rings. The molecule has 1 saturated carbocycles. The lowest BCUT2D eigenvalue weighted by Crippen LogP contribution is -2.35. The highest BCUT2D eigenvalue weighted by Crippen LogP contribution is 2.22. The van der Waals surface area contributed by atoms with E-state index in [1.807, 2.05) is 11.9 Å². The number of amides is 1.